The number of carboxylic acid groups (broad SMARTS) is 1. The Kier molecular flexibility index (Phi) is 12.7. The molecule has 2 aromatic carbocycles. The van der Waals surface area contributed by atoms with Crippen LogP contribution in [0.4, 0.5) is 22.0 Å². The maximum Gasteiger partial charge on any atom is 0.411 e. The summed E-state index contributed by atoms with van der Waals surface area (Å²) >= 11 is 0. The monoisotopic (exact) mass is 790 g/mol. The number of alkyl halides is 3. The number of hydrogen-bond acceptors (Lipinski definition) is 5. The van der Waals surface area contributed by atoms with Crippen LogP contribution in [-0.4, -0.2) is 81.6 Å². The summed E-state index contributed by atoms with van der Waals surface area (Å²) in [6, 6.07) is 4.12. The lowest BCUT2D eigenvalue weighted by molar-refractivity contribution is -0.652. The fourth-order valence-electron chi connectivity index (χ4n) is 8.52. The Bertz CT molecular complexity index is 1870. The molecule has 2 amide bonds. The van der Waals surface area contributed by atoms with E-state index < -0.39 is 71.8 Å². The Morgan fingerprint density at radius 1 is 1.00 bits per heavy atom. The molecular weight excluding hydrogens is 737 g/mol. The second kappa shape index (κ2) is 16.6. The molecule has 2 heterocycles. The highest BCUT2D eigenvalue weighted by Gasteiger charge is 2.58. The molecule has 306 valence electrons. The van der Waals surface area contributed by atoms with Crippen molar-refractivity contribution in [2.24, 2.45) is 11.3 Å². The van der Waals surface area contributed by atoms with Crippen LogP contribution in [0.5, 0.6) is 0 Å². The highest BCUT2D eigenvalue weighted by atomic mass is 19.4. The number of rotatable bonds is 15. The summed E-state index contributed by atoms with van der Waals surface area (Å²) < 4.78 is 73.5. The molecule has 3 N–H and O–H groups in total. The molecule has 1 saturated heterocycles. The summed E-state index contributed by atoms with van der Waals surface area (Å²) in [6.07, 6.45) is -1.92. The van der Waals surface area contributed by atoms with Crippen molar-refractivity contribution in [1.29, 1.82) is 0 Å². The summed E-state index contributed by atoms with van der Waals surface area (Å²) in [4.78, 5) is 56.6. The molecule has 5 rings (SSSR count). The Morgan fingerprint density at radius 3 is 2.21 bits per heavy atom. The first kappa shape index (κ1) is 42.7. The zero-order valence-corrected chi connectivity index (χ0v) is 32.9. The van der Waals surface area contributed by atoms with Gasteiger partial charge in [-0.05, 0) is 136 Å². The van der Waals surface area contributed by atoms with Crippen LogP contribution in [0.25, 0.3) is 11.1 Å². The lowest BCUT2D eigenvalue weighted by Gasteiger charge is -2.45. The molecule has 1 saturated carbocycles. The molecule has 1 aliphatic carbocycles. The van der Waals surface area contributed by atoms with E-state index >= 15 is 4.39 Å². The zero-order valence-electron chi connectivity index (χ0n) is 32.9. The molecule has 2 fully saturated rings. The summed E-state index contributed by atoms with van der Waals surface area (Å²) in [6.45, 7) is 11.3. The molecule has 0 bridgehead atoms. The molecule has 3 atom stereocenters. The number of carbonyl (C=O) groups is 3. The third kappa shape index (κ3) is 9.08. The first-order valence-corrected chi connectivity index (χ1v) is 19.3. The van der Waals surface area contributed by atoms with Gasteiger partial charge in [0.25, 0.3) is 11.8 Å². The standard InChI is InChI=1S/C41H52F5N5O5/c1-24(2)17-33(51(56)48-32(22-34(52)53)31-21-28(18-27(5)36(31)43)35-25(3)19-29(42)20-26(35)4)47-37(54)30-9-12-39(6,41(44,45)46)50(38(30)55)15-8-14-49-16-13-40(23-49)10-7-11-40/h9,18-21,24,32-33H,7-8,10-17,22-23H2,1-6H3,(H2-,47,48,52,53,54,56)/p+1/t32-,33+,39?/m0/s1. The van der Waals surface area contributed by atoms with Gasteiger partial charge in [-0.1, -0.05) is 26.3 Å². The molecule has 0 aromatic heterocycles. The van der Waals surface area contributed by atoms with Gasteiger partial charge in [0.15, 0.2) is 0 Å². The molecule has 10 nitrogen and oxygen atoms in total. The van der Waals surface area contributed by atoms with Gasteiger partial charge in [-0.15, -0.1) is 5.43 Å². The van der Waals surface area contributed by atoms with Crippen LogP contribution in [0.1, 0.15) is 100 Å². The summed E-state index contributed by atoms with van der Waals surface area (Å²) in [5.74, 6) is -5.02. The normalized spacial score (nSPS) is 20.8. The van der Waals surface area contributed by atoms with Crippen LogP contribution in [0.2, 0.25) is 0 Å². The van der Waals surface area contributed by atoms with E-state index in [2.05, 4.69) is 15.6 Å². The Balaban J connectivity index is 1.37. The number of halogens is 5. The molecular formula is C41H53F5N5O5+. The lowest BCUT2D eigenvalue weighted by Crippen LogP contribution is -2.62. The third-order valence-corrected chi connectivity index (χ3v) is 11.8. The van der Waals surface area contributed by atoms with Gasteiger partial charge < -0.3 is 14.9 Å². The average molecular weight is 791 g/mol. The minimum atomic E-state index is -4.79. The Hall–Kier alpha value is -4.40. The molecule has 15 heteroatoms. The minimum Gasteiger partial charge on any atom is -0.481 e. The first-order valence-electron chi connectivity index (χ1n) is 19.3. The number of carbonyl (C=O) groups excluding carboxylic acids is 2. The number of aliphatic carboxylic acids is 1. The predicted octanol–water partition coefficient (Wildman–Crippen LogP) is 7.59. The number of amides is 2. The number of hydrazine groups is 1. The molecule has 3 aliphatic rings. The number of nitrogens with zero attached hydrogens (tertiary/aromatic N) is 3. The topological polar surface area (TPSA) is 122 Å². The molecule has 2 aromatic rings. The van der Waals surface area contributed by atoms with Crippen LogP contribution in [-0.2, 0) is 14.4 Å². The second-order valence-corrected chi connectivity index (χ2v) is 16.6. The van der Waals surface area contributed by atoms with Crippen LogP contribution >= 0.6 is 0 Å². The van der Waals surface area contributed by atoms with Gasteiger partial charge in [-0.3, -0.25) is 19.7 Å². The minimum absolute atomic E-state index is 0.0275. The van der Waals surface area contributed by atoms with E-state index in [1.807, 2.05) is 0 Å². The first-order chi connectivity index (χ1) is 26.1. The van der Waals surface area contributed by atoms with Crippen LogP contribution < -0.4 is 10.7 Å². The van der Waals surface area contributed by atoms with E-state index in [1.54, 1.807) is 33.8 Å². The highest BCUT2D eigenvalue weighted by Crippen LogP contribution is 2.48. The molecule has 1 spiro atoms. The quantitative estimate of drug-likeness (QED) is 0.0559. The lowest BCUT2D eigenvalue weighted by atomic mass is 9.68. The second-order valence-electron chi connectivity index (χ2n) is 16.6. The largest absolute Gasteiger partial charge is 0.481 e. The van der Waals surface area contributed by atoms with E-state index in [9.17, 15) is 42.0 Å². The van der Waals surface area contributed by atoms with Crippen molar-refractivity contribution in [2.75, 3.05) is 26.2 Å². The number of nitrogens with one attached hydrogen (secondary N) is 2. The Morgan fingerprint density at radius 2 is 1.66 bits per heavy atom. The summed E-state index contributed by atoms with van der Waals surface area (Å²) in [7, 11) is 0. The number of benzene rings is 2. The van der Waals surface area contributed by atoms with E-state index in [1.165, 1.54) is 31.5 Å². The number of carboxylic acids is 1. The van der Waals surface area contributed by atoms with E-state index in [0.717, 1.165) is 45.4 Å². The van der Waals surface area contributed by atoms with Gasteiger partial charge in [-0.2, -0.15) is 13.2 Å². The van der Waals surface area contributed by atoms with Gasteiger partial charge in [-0.25, -0.2) is 8.78 Å². The number of hydrogen-bond donors (Lipinski definition) is 3. The van der Waals surface area contributed by atoms with E-state index in [0.29, 0.717) is 39.1 Å². The van der Waals surface area contributed by atoms with Crippen molar-refractivity contribution in [3.8, 4) is 11.1 Å². The van der Waals surface area contributed by atoms with Crippen molar-refractivity contribution in [3.05, 3.63) is 74.7 Å². The van der Waals surface area contributed by atoms with Crippen molar-refractivity contribution < 1.29 is 46.3 Å². The molecule has 56 heavy (non-hydrogen) atoms. The fraction of sp³-hybridized carbons (Fsp3) is 0.585. The summed E-state index contributed by atoms with van der Waals surface area (Å²) in [5.41, 5.74) is 1.88. The van der Waals surface area contributed by atoms with Crippen LogP contribution in [0.3, 0.4) is 0 Å². The number of aryl methyl sites for hydroxylation is 3. The van der Waals surface area contributed by atoms with Gasteiger partial charge in [0.2, 0.25) is 0 Å². The maximum atomic E-state index is 15.8. The fourth-order valence-corrected chi connectivity index (χ4v) is 8.52. The van der Waals surface area contributed by atoms with Crippen molar-refractivity contribution in [2.45, 2.75) is 117 Å². The summed E-state index contributed by atoms with van der Waals surface area (Å²) in [5, 5.41) is 12.3. The molecule has 1 unspecified atom stereocenters. The number of nitroso groups, excluding NO2 is 1. The van der Waals surface area contributed by atoms with E-state index in [4.69, 9.17) is 0 Å². The smallest absolute Gasteiger partial charge is 0.411 e. The van der Waals surface area contributed by atoms with Gasteiger partial charge in [0.05, 0.1) is 11.3 Å². The van der Waals surface area contributed by atoms with Crippen LogP contribution in [0.15, 0.2) is 35.9 Å². The van der Waals surface area contributed by atoms with Crippen molar-refractivity contribution in [1.82, 2.24) is 20.5 Å². The van der Waals surface area contributed by atoms with Gasteiger partial charge >= 0.3 is 18.3 Å². The predicted molar refractivity (Wildman–Crippen MR) is 200 cm³/mol. The van der Waals surface area contributed by atoms with Gasteiger partial charge in [0, 0.05) is 25.1 Å². The average Bonchev–Trinajstić information content (AvgIpc) is 3.51. The zero-order chi connectivity index (χ0) is 41.3. The maximum absolute atomic E-state index is 15.8. The highest BCUT2D eigenvalue weighted by molar-refractivity contribution is 6.19. The van der Waals surface area contributed by atoms with Gasteiger partial charge in [0.1, 0.15) is 33.7 Å². The SMILES string of the molecule is Cc1cc(-c2c(C)cc(F)cc2C)cc([C@H](CC(=O)O)N[N+](=O)[C@H](CC(C)C)NC(=O)C2=CCC(C)(C(F)(F)F)N(CCCN3CCC4(CCC4)C3)C2=O)c1F. The molecule has 2 aliphatic heterocycles. The van der Waals surface area contributed by atoms with Crippen molar-refractivity contribution in [3.63, 3.8) is 0 Å². The number of likely N-dealkylation sites (tertiary alicyclic amines) is 1. The molecule has 0 radical (unpaired) electrons. The van der Waals surface area contributed by atoms with Crippen LogP contribution in [0, 0.1) is 48.6 Å². The van der Waals surface area contributed by atoms with Crippen molar-refractivity contribution >= 4 is 17.8 Å². The van der Waals surface area contributed by atoms with E-state index in [-0.39, 0.29) is 41.3 Å². The third-order valence-electron chi connectivity index (χ3n) is 11.8. The Labute approximate surface area is 324 Å².